The maximum atomic E-state index is 12.4. The number of rotatable bonds is 9. The molecule has 0 spiro atoms. The highest BCUT2D eigenvalue weighted by molar-refractivity contribution is 5.92. The molecule has 0 aliphatic heterocycles. The number of aromatic hydroxyl groups is 1. The summed E-state index contributed by atoms with van der Waals surface area (Å²) in [4.78, 5) is 14.4. The maximum Gasteiger partial charge on any atom is 0.341 e. The molecule has 0 heterocycles. The number of esters is 1. The van der Waals surface area contributed by atoms with Crippen molar-refractivity contribution in [2.24, 2.45) is 5.92 Å². The molecule has 5 heteroatoms. The third-order valence-electron chi connectivity index (χ3n) is 3.53. The van der Waals surface area contributed by atoms with Crippen LogP contribution < -0.4 is 4.74 Å². The van der Waals surface area contributed by atoms with E-state index in [2.05, 4.69) is 18.7 Å². The van der Waals surface area contributed by atoms with Crippen LogP contribution in [0.2, 0.25) is 0 Å². The van der Waals surface area contributed by atoms with Crippen LogP contribution in [0.5, 0.6) is 11.5 Å². The summed E-state index contributed by atoms with van der Waals surface area (Å²) in [7, 11) is 3.97. The standard InChI is InChI=1S/C18H29NO4/c1-6-9-22-17-11-15(20)7-8-16(17)18(21)23-12-14(19(4)5)10-13(2)3/h7-8,11,13-14,20H,6,9-10,12H2,1-5H3/t14-/m1/s1. The summed E-state index contributed by atoms with van der Waals surface area (Å²) >= 11 is 0. The Labute approximate surface area is 139 Å². The lowest BCUT2D eigenvalue weighted by Gasteiger charge is -2.25. The highest BCUT2D eigenvalue weighted by atomic mass is 16.5. The van der Waals surface area contributed by atoms with Crippen molar-refractivity contribution in [3.05, 3.63) is 23.8 Å². The van der Waals surface area contributed by atoms with Gasteiger partial charge in [0.1, 0.15) is 23.7 Å². The van der Waals surface area contributed by atoms with Gasteiger partial charge in [-0.05, 0) is 45.0 Å². The molecule has 1 aromatic carbocycles. The van der Waals surface area contributed by atoms with Crippen molar-refractivity contribution in [3.63, 3.8) is 0 Å². The molecule has 0 aliphatic carbocycles. The number of phenols is 1. The summed E-state index contributed by atoms with van der Waals surface area (Å²) in [5.74, 6) is 0.533. The van der Waals surface area contributed by atoms with Gasteiger partial charge in [-0.3, -0.25) is 0 Å². The van der Waals surface area contributed by atoms with E-state index >= 15 is 0 Å². The van der Waals surface area contributed by atoms with Crippen LogP contribution >= 0.6 is 0 Å². The van der Waals surface area contributed by atoms with Crippen molar-refractivity contribution in [1.82, 2.24) is 4.90 Å². The summed E-state index contributed by atoms with van der Waals surface area (Å²) in [5.41, 5.74) is 0.346. The minimum absolute atomic E-state index is 0.0682. The molecule has 0 saturated heterocycles. The van der Waals surface area contributed by atoms with Gasteiger partial charge in [-0.15, -0.1) is 0 Å². The largest absolute Gasteiger partial charge is 0.508 e. The molecular weight excluding hydrogens is 294 g/mol. The third-order valence-corrected chi connectivity index (χ3v) is 3.53. The molecule has 0 aliphatic rings. The van der Waals surface area contributed by atoms with E-state index in [0.717, 1.165) is 12.8 Å². The van der Waals surface area contributed by atoms with Gasteiger partial charge in [-0.25, -0.2) is 4.79 Å². The second-order valence-electron chi connectivity index (χ2n) is 6.37. The first-order valence-corrected chi connectivity index (χ1v) is 8.14. The zero-order valence-electron chi connectivity index (χ0n) is 14.8. The van der Waals surface area contributed by atoms with Gasteiger partial charge in [-0.1, -0.05) is 20.8 Å². The number of hydrogen-bond acceptors (Lipinski definition) is 5. The predicted octanol–water partition coefficient (Wildman–Crippen LogP) is 3.31. The Balaban J connectivity index is 2.76. The van der Waals surface area contributed by atoms with Crippen molar-refractivity contribution in [2.75, 3.05) is 27.3 Å². The van der Waals surface area contributed by atoms with Crippen molar-refractivity contribution in [2.45, 2.75) is 39.7 Å². The number of carbonyl (C=O) groups is 1. The summed E-state index contributed by atoms with van der Waals surface area (Å²) in [6, 6.07) is 4.63. The lowest BCUT2D eigenvalue weighted by atomic mass is 10.0. The number of ether oxygens (including phenoxy) is 2. The minimum atomic E-state index is -0.424. The molecule has 5 nitrogen and oxygen atoms in total. The first-order chi connectivity index (χ1) is 10.8. The first kappa shape index (κ1) is 19.3. The molecule has 0 bridgehead atoms. The van der Waals surface area contributed by atoms with Crippen LogP contribution in [-0.2, 0) is 4.74 Å². The van der Waals surface area contributed by atoms with E-state index in [4.69, 9.17) is 9.47 Å². The van der Waals surface area contributed by atoms with Gasteiger partial charge in [-0.2, -0.15) is 0 Å². The quantitative estimate of drug-likeness (QED) is 0.707. The molecule has 0 aromatic heterocycles. The lowest BCUT2D eigenvalue weighted by molar-refractivity contribution is 0.0375. The molecule has 130 valence electrons. The maximum absolute atomic E-state index is 12.4. The Kier molecular flexibility index (Phi) is 7.89. The van der Waals surface area contributed by atoms with E-state index < -0.39 is 5.97 Å². The zero-order valence-corrected chi connectivity index (χ0v) is 14.8. The second kappa shape index (κ2) is 9.40. The second-order valence-corrected chi connectivity index (χ2v) is 6.37. The Morgan fingerprint density at radius 2 is 2.00 bits per heavy atom. The molecule has 0 fully saturated rings. The Morgan fingerprint density at radius 1 is 1.30 bits per heavy atom. The number of hydrogen-bond donors (Lipinski definition) is 1. The van der Waals surface area contributed by atoms with Crippen LogP contribution in [0.25, 0.3) is 0 Å². The molecule has 1 aromatic rings. The molecule has 1 atom stereocenters. The van der Waals surface area contributed by atoms with Crippen molar-refractivity contribution in [1.29, 1.82) is 0 Å². The van der Waals surface area contributed by atoms with Crippen LogP contribution in [0.15, 0.2) is 18.2 Å². The molecule has 1 rings (SSSR count). The van der Waals surface area contributed by atoms with Crippen LogP contribution in [-0.4, -0.2) is 49.3 Å². The average Bonchev–Trinajstić information content (AvgIpc) is 2.48. The topological polar surface area (TPSA) is 59.0 Å². The van der Waals surface area contributed by atoms with Crippen LogP contribution in [0, 0.1) is 5.92 Å². The zero-order chi connectivity index (χ0) is 17.4. The average molecular weight is 323 g/mol. The van der Waals surface area contributed by atoms with Gasteiger partial charge in [0.2, 0.25) is 0 Å². The predicted molar refractivity (Wildman–Crippen MR) is 91.1 cm³/mol. The Hall–Kier alpha value is -1.75. The first-order valence-electron chi connectivity index (χ1n) is 8.14. The van der Waals surface area contributed by atoms with Gasteiger partial charge in [0.05, 0.1) is 6.61 Å². The fraction of sp³-hybridized carbons (Fsp3) is 0.611. The van der Waals surface area contributed by atoms with E-state index in [-0.39, 0.29) is 11.8 Å². The van der Waals surface area contributed by atoms with E-state index in [1.165, 1.54) is 18.2 Å². The minimum Gasteiger partial charge on any atom is -0.508 e. The molecule has 0 amide bonds. The van der Waals surface area contributed by atoms with Crippen LogP contribution in [0.1, 0.15) is 44.0 Å². The van der Waals surface area contributed by atoms with Crippen molar-refractivity contribution < 1.29 is 19.4 Å². The fourth-order valence-corrected chi connectivity index (χ4v) is 2.23. The fourth-order valence-electron chi connectivity index (χ4n) is 2.23. The highest BCUT2D eigenvalue weighted by Crippen LogP contribution is 2.25. The molecule has 0 unspecified atom stereocenters. The summed E-state index contributed by atoms with van der Waals surface area (Å²) in [5, 5.41) is 9.57. The van der Waals surface area contributed by atoms with E-state index in [1.807, 2.05) is 21.0 Å². The molecule has 0 radical (unpaired) electrons. The summed E-state index contributed by atoms with van der Waals surface area (Å²) in [6.45, 7) is 7.09. The van der Waals surface area contributed by atoms with E-state index in [0.29, 0.717) is 30.4 Å². The smallest absolute Gasteiger partial charge is 0.341 e. The van der Waals surface area contributed by atoms with Crippen molar-refractivity contribution >= 4 is 5.97 Å². The molecule has 23 heavy (non-hydrogen) atoms. The highest BCUT2D eigenvalue weighted by Gasteiger charge is 2.19. The molecular formula is C18H29NO4. The Bertz CT molecular complexity index is 500. The summed E-state index contributed by atoms with van der Waals surface area (Å²) in [6.07, 6.45) is 1.77. The number of nitrogens with zero attached hydrogens (tertiary/aromatic N) is 1. The lowest BCUT2D eigenvalue weighted by Crippen LogP contribution is -2.34. The SMILES string of the molecule is CCCOc1cc(O)ccc1C(=O)OC[C@@H](CC(C)C)N(C)C. The Morgan fingerprint density at radius 3 is 2.57 bits per heavy atom. The third kappa shape index (κ3) is 6.48. The number of phenolic OH excluding ortho intramolecular Hbond substituents is 1. The number of carbonyl (C=O) groups excluding carboxylic acids is 1. The van der Waals surface area contributed by atoms with Gasteiger partial charge in [0.15, 0.2) is 0 Å². The van der Waals surface area contributed by atoms with Gasteiger partial charge in [0.25, 0.3) is 0 Å². The van der Waals surface area contributed by atoms with Gasteiger partial charge < -0.3 is 19.5 Å². The van der Waals surface area contributed by atoms with Crippen LogP contribution in [0.4, 0.5) is 0 Å². The van der Waals surface area contributed by atoms with Gasteiger partial charge >= 0.3 is 5.97 Å². The van der Waals surface area contributed by atoms with E-state index in [9.17, 15) is 9.90 Å². The van der Waals surface area contributed by atoms with E-state index in [1.54, 1.807) is 0 Å². The monoisotopic (exact) mass is 323 g/mol. The van der Waals surface area contributed by atoms with Gasteiger partial charge in [0, 0.05) is 12.1 Å². The van der Waals surface area contributed by atoms with Crippen LogP contribution in [0.3, 0.4) is 0 Å². The molecule has 0 saturated carbocycles. The number of benzene rings is 1. The number of likely N-dealkylation sites (N-methyl/N-ethyl adjacent to an activating group) is 1. The molecule has 1 N–H and O–H groups in total. The normalized spacial score (nSPS) is 12.5. The summed E-state index contributed by atoms with van der Waals surface area (Å²) < 4.78 is 11.0. The van der Waals surface area contributed by atoms with Crippen molar-refractivity contribution in [3.8, 4) is 11.5 Å².